The molecule has 0 aliphatic carbocycles. The van der Waals surface area contributed by atoms with Crippen LogP contribution in [0.4, 0.5) is 4.79 Å². The molecular weight excluding hydrogens is 232 g/mol. The molecule has 1 unspecified atom stereocenters. The third kappa shape index (κ3) is 4.25. The summed E-state index contributed by atoms with van der Waals surface area (Å²) in [5, 5.41) is 14.0. The second-order valence-electron chi connectivity index (χ2n) is 3.86. The Morgan fingerprint density at radius 2 is 2.06 bits per heavy atom. The van der Waals surface area contributed by atoms with Gasteiger partial charge in [-0.05, 0) is 24.1 Å². The number of carbonyl (C=O) groups excluding carboxylic acids is 1. The lowest BCUT2D eigenvalue weighted by Gasteiger charge is -2.18. The predicted octanol–water partition coefficient (Wildman–Crippen LogP) is 1.44. The normalized spacial score (nSPS) is 11.7. The molecule has 100 valence electrons. The average Bonchev–Trinajstić information content (AvgIpc) is 2.42. The Labute approximate surface area is 107 Å². The van der Waals surface area contributed by atoms with E-state index in [-0.39, 0.29) is 25.2 Å². The Morgan fingerprint density at radius 1 is 1.39 bits per heavy atom. The van der Waals surface area contributed by atoms with Crippen LogP contribution in [0.5, 0.6) is 5.75 Å². The summed E-state index contributed by atoms with van der Waals surface area (Å²) in [6.45, 7) is 2.19. The molecule has 3 N–H and O–H groups in total. The van der Waals surface area contributed by atoms with Crippen molar-refractivity contribution in [1.82, 2.24) is 10.6 Å². The van der Waals surface area contributed by atoms with Crippen LogP contribution in [0.3, 0.4) is 0 Å². The van der Waals surface area contributed by atoms with Crippen molar-refractivity contribution < 1.29 is 14.6 Å². The zero-order valence-electron chi connectivity index (χ0n) is 10.8. The molecule has 18 heavy (non-hydrogen) atoms. The summed E-state index contributed by atoms with van der Waals surface area (Å²) < 4.78 is 5.09. The average molecular weight is 252 g/mol. The summed E-state index contributed by atoms with van der Waals surface area (Å²) in [6.07, 6.45) is 0.791. The third-order valence-electron chi connectivity index (χ3n) is 2.63. The van der Waals surface area contributed by atoms with E-state index >= 15 is 0 Å². The van der Waals surface area contributed by atoms with Crippen LogP contribution in [-0.2, 0) is 0 Å². The second kappa shape index (κ2) is 7.55. The molecule has 0 spiro atoms. The van der Waals surface area contributed by atoms with Gasteiger partial charge in [-0.2, -0.15) is 0 Å². The SMILES string of the molecule is CCC(NC(=O)NCCO)c1ccc(OC)cc1. The minimum atomic E-state index is -0.272. The number of urea groups is 1. The van der Waals surface area contributed by atoms with Crippen molar-refractivity contribution in [2.75, 3.05) is 20.3 Å². The predicted molar refractivity (Wildman–Crippen MR) is 69.6 cm³/mol. The van der Waals surface area contributed by atoms with Gasteiger partial charge in [0.25, 0.3) is 0 Å². The molecule has 0 saturated heterocycles. The van der Waals surface area contributed by atoms with Crippen molar-refractivity contribution in [3.05, 3.63) is 29.8 Å². The Balaban J connectivity index is 2.61. The van der Waals surface area contributed by atoms with Gasteiger partial charge in [0.1, 0.15) is 5.75 Å². The highest BCUT2D eigenvalue weighted by Gasteiger charge is 2.12. The fourth-order valence-corrected chi connectivity index (χ4v) is 1.64. The molecule has 0 fully saturated rings. The number of hydrogen-bond acceptors (Lipinski definition) is 3. The third-order valence-corrected chi connectivity index (χ3v) is 2.63. The number of benzene rings is 1. The zero-order valence-corrected chi connectivity index (χ0v) is 10.8. The van der Waals surface area contributed by atoms with Crippen LogP contribution < -0.4 is 15.4 Å². The number of methoxy groups -OCH3 is 1. The van der Waals surface area contributed by atoms with Crippen molar-refractivity contribution in [3.63, 3.8) is 0 Å². The van der Waals surface area contributed by atoms with Crippen LogP contribution in [0.2, 0.25) is 0 Å². The molecule has 1 atom stereocenters. The number of hydrogen-bond donors (Lipinski definition) is 3. The van der Waals surface area contributed by atoms with Crippen LogP contribution in [0.15, 0.2) is 24.3 Å². The van der Waals surface area contributed by atoms with Crippen molar-refractivity contribution in [2.45, 2.75) is 19.4 Å². The van der Waals surface area contributed by atoms with Gasteiger partial charge in [-0.3, -0.25) is 0 Å². The first-order valence-corrected chi connectivity index (χ1v) is 6.00. The topological polar surface area (TPSA) is 70.6 Å². The van der Waals surface area contributed by atoms with Crippen LogP contribution in [0.25, 0.3) is 0 Å². The van der Waals surface area contributed by atoms with E-state index in [0.717, 1.165) is 17.7 Å². The highest BCUT2D eigenvalue weighted by molar-refractivity contribution is 5.74. The van der Waals surface area contributed by atoms with Gasteiger partial charge in [0.2, 0.25) is 0 Å². The van der Waals surface area contributed by atoms with Crippen molar-refractivity contribution >= 4 is 6.03 Å². The van der Waals surface area contributed by atoms with Gasteiger partial charge in [-0.25, -0.2) is 4.79 Å². The van der Waals surface area contributed by atoms with Crippen molar-refractivity contribution in [3.8, 4) is 5.75 Å². The van der Waals surface area contributed by atoms with Crippen LogP contribution in [0.1, 0.15) is 24.9 Å². The molecule has 1 aromatic carbocycles. The fraction of sp³-hybridized carbons (Fsp3) is 0.462. The summed E-state index contributed by atoms with van der Waals surface area (Å²) in [6, 6.07) is 7.27. The summed E-state index contributed by atoms with van der Waals surface area (Å²) >= 11 is 0. The number of rotatable bonds is 6. The first kappa shape index (κ1) is 14.3. The molecule has 1 rings (SSSR count). The van der Waals surface area contributed by atoms with Gasteiger partial charge in [0.15, 0.2) is 0 Å². The largest absolute Gasteiger partial charge is 0.497 e. The number of aliphatic hydroxyl groups is 1. The molecular formula is C13H20N2O3. The summed E-state index contributed by atoms with van der Waals surface area (Å²) in [4.78, 5) is 11.5. The van der Waals surface area contributed by atoms with E-state index in [2.05, 4.69) is 10.6 Å². The van der Waals surface area contributed by atoms with Gasteiger partial charge in [0, 0.05) is 6.54 Å². The number of amides is 2. The van der Waals surface area contributed by atoms with Gasteiger partial charge >= 0.3 is 6.03 Å². The summed E-state index contributed by atoms with van der Waals surface area (Å²) in [5.41, 5.74) is 1.03. The van der Waals surface area contributed by atoms with Crippen LogP contribution in [-0.4, -0.2) is 31.4 Å². The van der Waals surface area contributed by atoms with Crippen molar-refractivity contribution in [1.29, 1.82) is 0 Å². The van der Waals surface area contributed by atoms with Gasteiger partial charge in [-0.1, -0.05) is 19.1 Å². The quantitative estimate of drug-likeness (QED) is 0.717. The molecule has 5 nitrogen and oxygen atoms in total. The minimum Gasteiger partial charge on any atom is -0.497 e. The standard InChI is InChI=1S/C13H20N2O3/c1-3-12(15-13(17)14-8-9-16)10-4-6-11(18-2)7-5-10/h4-7,12,16H,3,8-9H2,1-2H3,(H2,14,15,17). The van der Waals surface area contributed by atoms with Gasteiger partial charge in [-0.15, -0.1) is 0 Å². The smallest absolute Gasteiger partial charge is 0.315 e. The molecule has 0 bridgehead atoms. The van der Waals surface area contributed by atoms with E-state index in [1.807, 2.05) is 31.2 Å². The summed E-state index contributed by atoms with van der Waals surface area (Å²) in [7, 11) is 1.62. The van der Waals surface area contributed by atoms with Gasteiger partial charge in [0.05, 0.1) is 19.8 Å². The summed E-state index contributed by atoms with van der Waals surface area (Å²) in [5.74, 6) is 0.790. The molecule has 0 aliphatic rings. The Hall–Kier alpha value is -1.75. The second-order valence-corrected chi connectivity index (χ2v) is 3.86. The van der Waals surface area contributed by atoms with E-state index in [1.54, 1.807) is 7.11 Å². The molecule has 1 aromatic rings. The van der Waals surface area contributed by atoms with E-state index in [0.29, 0.717) is 0 Å². The highest BCUT2D eigenvalue weighted by Crippen LogP contribution is 2.19. The zero-order chi connectivity index (χ0) is 13.4. The van der Waals surface area contributed by atoms with E-state index in [1.165, 1.54) is 0 Å². The number of ether oxygens (including phenoxy) is 1. The van der Waals surface area contributed by atoms with E-state index in [9.17, 15) is 4.79 Å². The maximum absolute atomic E-state index is 11.5. The molecule has 0 saturated carbocycles. The Morgan fingerprint density at radius 3 is 2.56 bits per heavy atom. The number of carbonyl (C=O) groups is 1. The molecule has 0 aliphatic heterocycles. The molecule has 0 heterocycles. The maximum Gasteiger partial charge on any atom is 0.315 e. The lowest BCUT2D eigenvalue weighted by atomic mass is 10.0. The molecule has 0 radical (unpaired) electrons. The molecule has 5 heteroatoms. The van der Waals surface area contributed by atoms with Gasteiger partial charge < -0.3 is 20.5 Å². The molecule has 0 aromatic heterocycles. The Kier molecular flexibility index (Phi) is 6.00. The maximum atomic E-state index is 11.5. The minimum absolute atomic E-state index is 0.0467. The lowest BCUT2D eigenvalue weighted by molar-refractivity contribution is 0.230. The van der Waals surface area contributed by atoms with Crippen LogP contribution >= 0.6 is 0 Å². The van der Waals surface area contributed by atoms with E-state index in [4.69, 9.17) is 9.84 Å². The highest BCUT2D eigenvalue weighted by atomic mass is 16.5. The fourth-order valence-electron chi connectivity index (χ4n) is 1.64. The Bertz CT molecular complexity index is 365. The lowest BCUT2D eigenvalue weighted by Crippen LogP contribution is -2.39. The number of nitrogens with one attached hydrogen (secondary N) is 2. The molecule has 2 amide bonds. The van der Waals surface area contributed by atoms with Crippen LogP contribution in [0, 0.1) is 0 Å². The number of aliphatic hydroxyl groups excluding tert-OH is 1. The van der Waals surface area contributed by atoms with E-state index < -0.39 is 0 Å². The first-order chi connectivity index (χ1) is 8.71. The monoisotopic (exact) mass is 252 g/mol. The first-order valence-electron chi connectivity index (χ1n) is 6.00. The van der Waals surface area contributed by atoms with Crippen molar-refractivity contribution in [2.24, 2.45) is 0 Å².